The number of fused-ring (bicyclic) bond motifs is 1. The van der Waals surface area contributed by atoms with Crippen LogP contribution in [0.2, 0.25) is 44.3 Å². The summed E-state index contributed by atoms with van der Waals surface area (Å²) >= 11 is 6.14. The summed E-state index contributed by atoms with van der Waals surface area (Å²) in [4.78, 5) is 0. The van der Waals surface area contributed by atoms with E-state index in [2.05, 4.69) is 37.5 Å². The lowest BCUT2D eigenvalue weighted by atomic mass is 9.75. The fraction of sp³-hybridized carbons (Fsp3) is 0.464. The molecule has 2 aromatic carbocycles. The summed E-state index contributed by atoms with van der Waals surface area (Å²) in [5.74, 6) is 0.147. The molecule has 0 radical (unpaired) electrons. The maximum Gasteiger partial charge on any atom is 0.190 e. The zero-order valence-electron chi connectivity index (χ0n) is 22.3. The molecule has 36 heavy (non-hydrogen) atoms. The van der Waals surface area contributed by atoms with E-state index >= 15 is 0 Å². The predicted molar refractivity (Wildman–Crippen MR) is 153 cm³/mol. The number of aromatic nitrogens is 2. The van der Waals surface area contributed by atoms with Gasteiger partial charge in [0.15, 0.2) is 22.0 Å². The first-order valence-electron chi connectivity index (χ1n) is 12.7. The minimum atomic E-state index is -2.06. The van der Waals surface area contributed by atoms with Crippen molar-refractivity contribution in [1.29, 1.82) is 10.5 Å². The summed E-state index contributed by atoms with van der Waals surface area (Å²) in [5.41, 5.74) is 3.84. The first kappa shape index (κ1) is 28.1. The van der Waals surface area contributed by atoms with Gasteiger partial charge in [-0.25, -0.2) is 9.94 Å². The monoisotopic (exact) mass is 536 g/mol. The minimum absolute atomic E-state index is 0.147. The molecule has 0 amide bonds. The van der Waals surface area contributed by atoms with Gasteiger partial charge in [0.05, 0.1) is 16.9 Å². The third-order valence-corrected chi connectivity index (χ3v) is 8.01. The quantitative estimate of drug-likeness (QED) is 0.308. The van der Waals surface area contributed by atoms with Gasteiger partial charge in [-0.2, -0.15) is 10.4 Å². The van der Waals surface area contributed by atoms with Gasteiger partial charge in [-0.1, -0.05) is 68.7 Å². The smallest absolute Gasteiger partial charge is 0.190 e. The van der Waals surface area contributed by atoms with Crippen molar-refractivity contribution < 1.29 is 4.43 Å². The Morgan fingerprint density at radius 1 is 0.944 bits per heavy atom. The van der Waals surface area contributed by atoms with Gasteiger partial charge in [0.1, 0.15) is 6.07 Å². The number of benzene rings is 2. The lowest BCUT2D eigenvalue weighted by Gasteiger charge is -2.41. The molecular formula is C28H37ClN4OSi2. The summed E-state index contributed by atoms with van der Waals surface area (Å²) in [6, 6.07) is 18.4. The van der Waals surface area contributed by atoms with Crippen molar-refractivity contribution in [3.8, 4) is 17.4 Å². The van der Waals surface area contributed by atoms with Gasteiger partial charge in [-0.15, -0.1) is 0 Å². The van der Waals surface area contributed by atoms with Gasteiger partial charge >= 0.3 is 0 Å². The van der Waals surface area contributed by atoms with Crippen LogP contribution in [-0.2, 0) is 10.0 Å². The van der Waals surface area contributed by atoms with Gasteiger partial charge in [0.2, 0.25) is 0 Å². The second-order valence-electron chi connectivity index (χ2n) is 11.5. The fourth-order valence-electron chi connectivity index (χ4n) is 4.64. The van der Waals surface area contributed by atoms with Crippen molar-refractivity contribution in [2.24, 2.45) is 5.92 Å². The van der Waals surface area contributed by atoms with E-state index in [0.717, 1.165) is 48.0 Å². The zero-order chi connectivity index (χ0) is 26.6. The van der Waals surface area contributed by atoms with Crippen molar-refractivity contribution in [3.63, 3.8) is 0 Å². The molecule has 5 nitrogen and oxygen atoms in total. The highest BCUT2D eigenvalue weighted by atomic mass is 35.5. The van der Waals surface area contributed by atoms with Crippen LogP contribution in [0.5, 0.6) is 0 Å². The highest BCUT2D eigenvalue weighted by Gasteiger charge is 2.49. The van der Waals surface area contributed by atoms with Crippen molar-refractivity contribution in [2.45, 2.75) is 77.0 Å². The van der Waals surface area contributed by atoms with E-state index in [0.29, 0.717) is 5.02 Å². The van der Waals surface area contributed by atoms with Crippen LogP contribution in [0.25, 0.3) is 16.6 Å². The van der Waals surface area contributed by atoms with Crippen LogP contribution in [0.4, 0.5) is 0 Å². The molecule has 1 heterocycles. The molecule has 1 fully saturated rings. The molecule has 0 spiro atoms. The normalized spacial score (nSPS) is 16.4. The van der Waals surface area contributed by atoms with Crippen LogP contribution in [-0.4, -0.2) is 26.2 Å². The predicted octanol–water partition coefficient (Wildman–Crippen LogP) is 8.22. The average molecular weight is 537 g/mol. The van der Waals surface area contributed by atoms with Crippen molar-refractivity contribution in [3.05, 3.63) is 59.2 Å². The Morgan fingerprint density at radius 2 is 1.53 bits per heavy atom. The van der Waals surface area contributed by atoms with Crippen LogP contribution >= 0.6 is 11.6 Å². The molecular weight excluding hydrogens is 500 g/mol. The molecule has 0 saturated heterocycles. The molecule has 0 aliphatic heterocycles. The summed E-state index contributed by atoms with van der Waals surface area (Å²) in [7, 11) is -3.38. The van der Waals surface area contributed by atoms with E-state index in [1.165, 1.54) is 6.42 Å². The number of nitriles is 2. The SMILES string of the molecule is C[Si](C)(C)C#N.C[Si](C)(C)OC(C#N)(c1c2ccccc2nn1-c1ccc(Cl)cc1)C1CCCCC1. The Bertz CT molecular complexity index is 1260. The second-order valence-corrected chi connectivity index (χ2v) is 21.1. The Hall–Kier alpha value is -2.43. The molecule has 1 unspecified atom stereocenters. The molecule has 1 aliphatic rings. The molecule has 1 atom stereocenters. The van der Waals surface area contributed by atoms with Crippen LogP contribution in [0, 0.1) is 28.2 Å². The van der Waals surface area contributed by atoms with Crippen LogP contribution in [0.3, 0.4) is 0 Å². The van der Waals surface area contributed by atoms with Crippen molar-refractivity contribution in [1.82, 2.24) is 9.78 Å². The Labute approximate surface area is 222 Å². The summed E-state index contributed by atoms with van der Waals surface area (Å²) in [6.45, 7) is 12.5. The number of hydrogen-bond acceptors (Lipinski definition) is 4. The topological polar surface area (TPSA) is 74.6 Å². The Balaban J connectivity index is 0.000000538. The van der Waals surface area contributed by atoms with Crippen LogP contribution < -0.4 is 0 Å². The van der Waals surface area contributed by atoms with Gasteiger partial charge in [0.25, 0.3) is 0 Å². The second kappa shape index (κ2) is 11.3. The minimum Gasteiger partial charge on any atom is -0.395 e. The first-order valence-corrected chi connectivity index (χ1v) is 20.0. The van der Waals surface area contributed by atoms with Gasteiger partial charge in [-0.3, -0.25) is 0 Å². The number of halogens is 1. The summed E-state index contributed by atoms with van der Waals surface area (Å²) < 4.78 is 8.76. The highest BCUT2D eigenvalue weighted by Crippen LogP contribution is 2.46. The average Bonchev–Trinajstić information content (AvgIpc) is 3.23. The largest absolute Gasteiger partial charge is 0.395 e. The number of nitrogens with zero attached hydrogens (tertiary/aromatic N) is 4. The summed E-state index contributed by atoms with van der Waals surface area (Å²) in [5, 5.41) is 25.5. The van der Waals surface area contributed by atoms with E-state index in [-0.39, 0.29) is 5.92 Å². The van der Waals surface area contributed by atoms with E-state index < -0.39 is 22.0 Å². The van der Waals surface area contributed by atoms with Crippen LogP contribution in [0.1, 0.15) is 37.8 Å². The molecule has 0 bridgehead atoms. The first-order chi connectivity index (χ1) is 16.9. The molecule has 0 N–H and O–H groups in total. The molecule has 4 rings (SSSR count). The highest BCUT2D eigenvalue weighted by molar-refractivity contribution is 6.83. The van der Waals surface area contributed by atoms with Crippen LogP contribution in [0.15, 0.2) is 48.5 Å². The molecule has 1 aromatic heterocycles. The van der Waals surface area contributed by atoms with E-state index in [1.54, 1.807) is 0 Å². The molecule has 1 saturated carbocycles. The lowest BCUT2D eigenvalue weighted by Crippen LogP contribution is -2.47. The third-order valence-electron chi connectivity index (χ3n) is 6.15. The standard InChI is InChI=1S/C24H28ClN3OSi.C4H9NSi/c1-30(2,3)29-24(17-26,18-9-5-4-6-10-18)23-21-11-7-8-12-22(21)27-28(23)20-15-13-19(25)14-16-20;1-6(2,3)4-5/h7-8,11-16,18H,4-6,9-10H2,1-3H3;1-3H3. The van der Waals surface area contributed by atoms with Crippen molar-refractivity contribution >= 4 is 38.9 Å². The van der Waals surface area contributed by atoms with Gasteiger partial charge in [0, 0.05) is 22.0 Å². The molecule has 8 heteroatoms. The zero-order valence-corrected chi connectivity index (χ0v) is 25.1. The molecule has 3 aromatic rings. The summed E-state index contributed by atoms with van der Waals surface area (Å²) in [6.07, 6.45) is 5.49. The van der Waals surface area contributed by atoms with E-state index in [9.17, 15) is 5.26 Å². The maximum absolute atomic E-state index is 10.7. The third kappa shape index (κ3) is 6.66. The van der Waals surface area contributed by atoms with E-state index in [1.807, 2.05) is 66.8 Å². The van der Waals surface area contributed by atoms with Gasteiger partial charge < -0.3 is 4.43 Å². The Kier molecular flexibility index (Phi) is 8.85. The number of hydrogen-bond donors (Lipinski definition) is 0. The Morgan fingerprint density at radius 3 is 2.06 bits per heavy atom. The molecule has 190 valence electrons. The van der Waals surface area contributed by atoms with Crippen molar-refractivity contribution in [2.75, 3.05) is 0 Å². The number of rotatable bonds is 5. The van der Waals surface area contributed by atoms with Gasteiger partial charge in [-0.05, 0) is 62.8 Å². The molecule has 1 aliphatic carbocycles. The lowest BCUT2D eigenvalue weighted by molar-refractivity contribution is 0.0270. The maximum atomic E-state index is 10.7. The fourth-order valence-corrected chi connectivity index (χ4v) is 6.04. The van der Waals surface area contributed by atoms with E-state index in [4.69, 9.17) is 26.4 Å².